The molecule has 4 N–H and O–H groups in total. The Kier molecular flexibility index (Phi) is 4.53. The molecule has 0 saturated carbocycles. The molecule has 0 aromatic heterocycles. The molecule has 1 rings (SSSR count). The number of rotatable bonds is 3. The van der Waals surface area contributed by atoms with Crippen LogP contribution in [0, 0.1) is 3.57 Å². The Morgan fingerprint density at radius 3 is 2.69 bits per heavy atom. The summed E-state index contributed by atoms with van der Waals surface area (Å²) < 4.78 is 1.06. The van der Waals surface area contributed by atoms with Crippen LogP contribution in [0.25, 0.3) is 0 Å². The van der Waals surface area contributed by atoms with E-state index in [1.165, 1.54) is 0 Å². The minimum absolute atomic E-state index is 0.452. The molecule has 0 radical (unpaired) electrons. The SMILES string of the molecule is CC(Nc1cccc(I)c1)C(=O)NC(N)=O. The number of hydrogen-bond donors (Lipinski definition) is 3. The molecule has 0 bridgehead atoms. The third-order valence-electron chi connectivity index (χ3n) is 1.85. The van der Waals surface area contributed by atoms with Crippen molar-refractivity contribution >= 4 is 40.2 Å². The average molecular weight is 333 g/mol. The van der Waals surface area contributed by atoms with Crippen molar-refractivity contribution in [1.82, 2.24) is 5.32 Å². The van der Waals surface area contributed by atoms with E-state index in [1.807, 2.05) is 29.6 Å². The van der Waals surface area contributed by atoms with Crippen LogP contribution in [-0.4, -0.2) is 18.0 Å². The smallest absolute Gasteiger partial charge is 0.318 e. The Morgan fingerprint density at radius 1 is 1.44 bits per heavy atom. The van der Waals surface area contributed by atoms with Crippen molar-refractivity contribution in [3.8, 4) is 0 Å². The highest BCUT2D eigenvalue weighted by molar-refractivity contribution is 14.1. The van der Waals surface area contributed by atoms with Crippen molar-refractivity contribution in [2.24, 2.45) is 5.73 Å². The first-order valence-corrected chi connectivity index (χ1v) is 5.69. The topological polar surface area (TPSA) is 84.2 Å². The highest BCUT2D eigenvalue weighted by Gasteiger charge is 2.13. The van der Waals surface area contributed by atoms with Gasteiger partial charge in [-0.3, -0.25) is 10.1 Å². The van der Waals surface area contributed by atoms with Crippen LogP contribution >= 0.6 is 22.6 Å². The third kappa shape index (κ3) is 4.05. The normalized spacial score (nSPS) is 11.6. The Hall–Kier alpha value is -1.31. The van der Waals surface area contributed by atoms with Gasteiger partial charge in [0.1, 0.15) is 6.04 Å². The van der Waals surface area contributed by atoms with Gasteiger partial charge in [-0.2, -0.15) is 0 Å². The van der Waals surface area contributed by atoms with Gasteiger partial charge >= 0.3 is 6.03 Å². The van der Waals surface area contributed by atoms with Gasteiger partial charge in [-0.15, -0.1) is 0 Å². The first kappa shape index (κ1) is 12.8. The molecule has 1 unspecified atom stereocenters. The van der Waals surface area contributed by atoms with Gasteiger partial charge in [-0.05, 0) is 47.7 Å². The van der Waals surface area contributed by atoms with Crippen LogP contribution < -0.4 is 16.4 Å². The molecule has 0 spiro atoms. The second-order valence-electron chi connectivity index (χ2n) is 3.23. The quantitative estimate of drug-likeness (QED) is 0.729. The molecule has 0 aliphatic heterocycles. The van der Waals surface area contributed by atoms with Crippen molar-refractivity contribution in [1.29, 1.82) is 0 Å². The number of imide groups is 1. The Labute approximate surface area is 107 Å². The fraction of sp³-hybridized carbons (Fsp3) is 0.200. The fourth-order valence-electron chi connectivity index (χ4n) is 1.12. The second kappa shape index (κ2) is 5.69. The van der Waals surface area contributed by atoms with Gasteiger partial charge in [0.05, 0.1) is 0 Å². The van der Waals surface area contributed by atoms with Crippen LogP contribution in [0.5, 0.6) is 0 Å². The predicted octanol–water partition coefficient (Wildman–Crippen LogP) is 1.29. The summed E-state index contributed by atoms with van der Waals surface area (Å²) in [4.78, 5) is 21.8. The number of hydrogen-bond acceptors (Lipinski definition) is 3. The van der Waals surface area contributed by atoms with Crippen molar-refractivity contribution < 1.29 is 9.59 Å². The van der Waals surface area contributed by atoms with Gasteiger partial charge < -0.3 is 11.1 Å². The maximum Gasteiger partial charge on any atom is 0.318 e. The van der Waals surface area contributed by atoms with Crippen LogP contribution in [0.4, 0.5) is 10.5 Å². The summed E-state index contributed by atoms with van der Waals surface area (Å²) in [6.07, 6.45) is 0. The number of nitrogens with one attached hydrogen (secondary N) is 2. The molecule has 1 atom stereocenters. The van der Waals surface area contributed by atoms with Crippen molar-refractivity contribution in [3.05, 3.63) is 27.8 Å². The molecule has 1 aromatic carbocycles. The molecule has 1 aromatic rings. The van der Waals surface area contributed by atoms with Gasteiger partial charge in [-0.1, -0.05) is 6.07 Å². The van der Waals surface area contributed by atoms with Gasteiger partial charge in [0.2, 0.25) is 5.91 Å². The molecule has 0 saturated heterocycles. The van der Waals surface area contributed by atoms with E-state index >= 15 is 0 Å². The highest BCUT2D eigenvalue weighted by Crippen LogP contribution is 2.13. The van der Waals surface area contributed by atoms with Crippen LogP contribution in [0.1, 0.15) is 6.92 Å². The first-order chi connectivity index (χ1) is 7.49. The molecule has 3 amide bonds. The lowest BCUT2D eigenvalue weighted by Gasteiger charge is -2.13. The van der Waals surface area contributed by atoms with E-state index in [0.717, 1.165) is 9.26 Å². The number of primary amides is 1. The average Bonchev–Trinajstić information content (AvgIpc) is 2.16. The molecule has 0 aliphatic carbocycles. The van der Waals surface area contributed by atoms with E-state index in [-0.39, 0.29) is 0 Å². The molecule has 16 heavy (non-hydrogen) atoms. The maximum absolute atomic E-state index is 11.4. The van der Waals surface area contributed by atoms with E-state index in [9.17, 15) is 9.59 Å². The summed E-state index contributed by atoms with van der Waals surface area (Å²) >= 11 is 2.17. The molecule has 6 heteroatoms. The minimum atomic E-state index is -0.846. The molecule has 86 valence electrons. The summed E-state index contributed by atoms with van der Waals surface area (Å²) in [7, 11) is 0. The third-order valence-corrected chi connectivity index (χ3v) is 2.52. The summed E-state index contributed by atoms with van der Waals surface area (Å²) in [6, 6.07) is 6.19. The van der Waals surface area contributed by atoms with Crippen molar-refractivity contribution in [2.75, 3.05) is 5.32 Å². The van der Waals surface area contributed by atoms with Crippen molar-refractivity contribution in [2.45, 2.75) is 13.0 Å². The number of amides is 3. The molecular weight excluding hydrogens is 321 g/mol. The summed E-state index contributed by atoms with van der Waals surface area (Å²) in [5.41, 5.74) is 5.67. The van der Waals surface area contributed by atoms with Gasteiger partial charge in [0.15, 0.2) is 0 Å². The number of carbonyl (C=O) groups is 2. The van der Waals surface area contributed by atoms with Gasteiger partial charge in [0.25, 0.3) is 0 Å². The summed E-state index contributed by atoms with van der Waals surface area (Å²) in [5, 5.41) is 4.98. The fourth-order valence-corrected chi connectivity index (χ4v) is 1.67. The largest absolute Gasteiger partial charge is 0.374 e. The standard InChI is InChI=1S/C10H12IN3O2/c1-6(9(15)14-10(12)16)13-8-4-2-3-7(11)5-8/h2-6,13H,1H3,(H3,12,14,15,16). The molecule has 5 nitrogen and oxygen atoms in total. The maximum atomic E-state index is 11.4. The molecular formula is C10H12IN3O2. The number of urea groups is 1. The van der Waals surface area contributed by atoms with E-state index < -0.39 is 18.0 Å². The number of nitrogens with two attached hydrogens (primary N) is 1. The molecule has 0 fully saturated rings. The summed E-state index contributed by atoms with van der Waals surface area (Å²) in [6.45, 7) is 1.65. The zero-order chi connectivity index (χ0) is 12.1. The van der Waals surface area contributed by atoms with E-state index in [1.54, 1.807) is 6.92 Å². The van der Waals surface area contributed by atoms with Crippen LogP contribution in [0.3, 0.4) is 0 Å². The zero-order valence-corrected chi connectivity index (χ0v) is 10.8. The second-order valence-corrected chi connectivity index (χ2v) is 4.48. The number of halogens is 1. The Morgan fingerprint density at radius 2 is 2.12 bits per heavy atom. The molecule has 0 heterocycles. The lowest BCUT2D eigenvalue weighted by Crippen LogP contribution is -2.43. The number of carbonyl (C=O) groups excluding carboxylic acids is 2. The van der Waals surface area contributed by atoms with Crippen LogP contribution in [-0.2, 0) is 4.79 Å². The van der Waals surface area contributed by atoms with E-state index in [4.69, 9.17) is 5.73 Å². The summed E-state index contributed by atoms with van der Waals surface area (Å²) in [5.74, 6) is -0.452. The zero-order valence-electron chi connectivity index (χ0n) is 8.66. The Balaban J connectivity index is 2.60. The molecule has 0 aliphatic rings. The van der Waals surface area contributed by atoms with Gasteiger partial charge in [-0.25, -0.2) is 4.79 Å². The van der Waals surface area contributed by atoms with Gasteiger partial charge in [0, 0.05) is 9.26 Å². The lowest BCUT2D eigenvalue weighted by atomic mass is 10.2. The van der Waals surface area contributed by atoms with Crippen LogP contribution in [0.15, 0.2) is 24.3 Å². The van der Waals surface area contributed by atoms with E-state index in [2.05, 4.69) is 27.9 Å². The minimum Gasteiger partial charge on any atom is -0.374 e. The Bertz CT molecular complexity index is 409. The first-order valence-electron chi connectivity index (χ1n) is 4.61. The number of benzene rings is 1. The highest BCUT2D eigenvalue weighted by atomic mass is 127. The lowest BCUT2D eigenvalue weighted by molar-refractivity contribution is -0.120. The number of anilines is 1. The van der Waals surface area contributed by atoms with Crippen LogP contribution in [0.2, 0.25) is 0 Å². The predicted molar refractivity (Wildman–Crippen MR) is 70.0 cm³/mol. The van der Waals surface area contributed by atoms with Crippen molar-refractivity contribution in [3.63, 3.8) is 0 Å². The van der Waals surface area contributed by atoms with E-state index in [0.29, 0.717) is 0 Å². The monoisotopic (exact) mass is 333 g/mol.